The highest BCUT2D eigenvalue weighted by molar-refractivity contribution is 5.34. The summed E-state index contributed by atoms with van der Waals surface area (Å²) < 4.78 is 5.96. The lowest BCUT2D eigenvalue weighted by atomic mass is 10.1. The number of nitrogens with one attached hydrogen (secondary N) is 1. The van der Waals surface area contributed by atoms with Gasteiger partial charge >= 0.3 is 0 Å². The number of hydrogen-bond donors (Lipinski definition) is 2. The molecule has 2 rings (SSSR count). The third-order valence-corrected chi connectivity index (χ3v) is 3.37. The second kappa shape index (κ2) is 7.81. The molecule has 0 amide bonds. The lowest BCUT2D eigenvalue weighted by molar-refractivity contribution is 0.190. The summed E-state index contributed by atoms with van der Waals surface area (Å²) in [6.07, 6.45) is -0.343. The van der Waals surface area contributed by atoms with E-state index in [4.69, 9.17) is 4.74 Å². The predicted molar refractivity (Wildman–Crippen MR) is 85.3 cm³/mol. The van der Waals surface area contributed by atoms with Crippen LogP contribution in [0.2, 0.25) is 0 Å². The van der Waals surface area contributed by atoms with Crippen LogP contribution in [0.4, 0.5) is 0 Å². The molecule has 0 aromatic heterocycles. The molecule has 3 nitrogen and oxygen atoms in total. The van der Waals surface area contributed by atoms with E-state index < -0.39 is 0 Å². The van der Waals surface area contributed by atoms with Crippen molar-refractivity contribution in [3.05, 3.63) is 65.2 Å². The molecule has 0 aliphatic carbocycles. The SMILES string of the molecule is Cc1ccccc1COc1ccccc1CNC[C@H](C)O. The van der Waals surface area contributed by atoms with Gasteiger partial charge in [0.1, 0.15) is 12.4 Å². The van der Waals surface area contributed by atoms with E-state index in [1.807, 2.05) is 36.4 Å². The van der Waals surface area contributed by atoms with Crippen molar-refractivity contribution < 1.29 is 9.84 Å². The van der Waals surface area contributed by atoms with Crippen LogP contribution in [0.25, 0.3) is 0 Å². The predicted octanol–water partition coefficient (Wildman–Crippen LogP) is 3.04. The van der Waals surface area contributed by atoms with E-state index in [1.54, 1.807) is 6.92 Å². The molecule has 0 unspecified atom stereocenters. The van der Waals surface area contributed by atoms with Gasteiger partial charge in [0.25, 0.3) is 0 Å². The van der Waals surface area contributed by atoms with Crippen molar-refractivity contribution in [2.45, 2.75) is 33.1 Å². The average Bonchev–Trinajstić information content (AvgIpc) is 2.47. The smallest absolute Gasteiger partial charge is 0.124 e. The molecule has 0 saturated carbocycles. The van der Waals surface area contributed by atoms with Gasteiger partial charge in [-0.25, -0.2) is 0 Å². The van der Waals surface area contributed by atoms with Crippen LogP contribution in [-0.4, -0.2) is 17.8 Å². The van der Waals surface area contributed by atoms with Gasteiger partial charge in [0.15, 0.2) is 0 Å². The van der Waals surface area contributed by atoms with E-state index >= 15 is 0 Å². The molecule has 2 aromatic carbocycles. The second-order valence-corrected chi connectivity index (χ2v) is 5.30. The first-order valence-electron chi connectivity index (χ1n) is 7.31. The molecule has 1 atom stereocenters. The number of para-hydroxylation sites is 1. The summed E-state index contributed by atoms with van der Waals surface area (Å²) in [4.78, 5) is 0. The highest BCUT2D eigenvalue weighted by atomic mass is 16.5. The maximum absolute atomic E-state index is 9.29. The fourth-order valence-corrected chi connectivity index (χ4v) is 2.13. The summed E-state index contributed by atoms with van der Waals surface area (Å²) in [5.74, 6) is 0.888. The molecular weight excluding hydrogens is 262 g/mol. The van der Waals surface area contributed by atoms with Gasteiger partial charge in [0, 0.05) is 18.7 Å². The number of rotatable bonds is 7. The molecule has 3 heteroatoms. The third kappa shape index (κ3) is 4.88. The van der Waals surface area contributed by atoms with E-state index in [0.29, 0.717) is 19.7 Å². The van der Waals surface area contributed by atoms with Crippen LogP contribution < -0.4 is 10.1 Å². The molecule has 21 heavy (non-hydrogen) atoms. The molecule has 2 aromatic rings. The minimum Gasteiger partial charge on any atom is -0.489 e. The first kappa shape index (κ1) is 15.5. The Hall–Kier alpha value is -1.84. The fraction of sp³-hybridized carbons (Fsp3) is 0.333. The Bertz CT molecular complexity index is 567. The van der Waals surface area contributed by atoms with Crippen molar-refractivity contribution in [1.82, 2.24) is 5.32 Å². The summed E-state index contributed by atoms with van der Waals surface area (Å²) in [6, 6.07) is 16.2. The van der Waals surface area contributed by atoms with Crippen molar-refractivity contribution in [2.24, 2.45) is 0 Å². The summed E-state index contributed by atoms with van der Waals surface area (Å²) in [6.45, 7) is 5.70. The van der Waals surface area contributed by atoms with Gasteiger partial charge in [-0.15, -0.1) is 0 Å². The molecule has 0 bridgehead atoms. The van der Waals surface area contributed by atoms with Crippen LogP contribution in [0.3, 0.4) is 0 Å². The van der Waals surface area contributed by atoms with E-state index in [0.717, 1.165) is 11.3 Å². The molecule has 0 aliphatic rings. The minimum atomic E-state index is -0.343. The Labute approximate surface area is 126 Å². The Balaban J connectivity index is 1.98. The summed E-state index contributed by atoms with van der Waals surface area (Å²) >= 11 is 0. The van der Waals surface area contributed by atoms with Gasteiger partial charge in [-0.05, 0) is 31.0 Å². The molecule has 0 aliphatic heterocycles. The minimum absolute atomic E-state index is 0.343. The zero-order valence-electron chi connectivity index (χ0n) is 12.7. The van der Waals surface area contributed by atoms with Crippen molar-refractivity contribution >= 4 is 0 Å². The second-order valence-electron chi connectivity index (χ2n) is 5.30. The lowest BCUT2D eigenvalue weighted by Gasteiger charge is -2.14. The van der Waals surface area contributed by atoms with E-state index in [9.17, 15) is 5.11 Å². The molecule has 0 fully saturated rings. The lowest BCUT2D eigenvalue weighted by Crippen LogP contribution is -2.24. The molecule has 112 valence electrons. The third-order valence-electron chi connectivity index (χ3n) is 3.37. The molecule has 0 heterocycles. The Kier molecular flexibility index (Phi) is 5.78. The van der Waals surface area contributed by atoms with Gasteiger partial charge in [-0.1, -0.05) is 42.5 Å². The molecule has 2 N–H and O–H groups in total. The highest BCUT2D eigenvalue weighted by Crippen LogP contribution is 2.20. The van der Waals surface area contributed by atoms with Crippen LogP contribution in [-0.2, 0) is 13.2 Å². The van der Waals surface area contributed by atoms with Crippen LogP contribution >= 0.6 is 0 Å². The van der Waals surface area contributed by atoms with Crippen molar-refractivity contribution in [2.75, 3.05) is 6.54 Å². The van der Waals surface area contributed by atoms with Crippen molar-refractivity contribution in [3.8, 4) is 5.75 Å². The van der Waals surface area contributed by atoms with Gasteiger partial charge < -0.3 is 15.2 Å². The monoisotopic (exact) mass is 285 g/mol. The topological polar surface area (TPSA) is 41.5 Å². The van der Waals surface area contributed by atoms with Crippen molar-refractivity contribution in [1.29, 1.82) is 0 Å². The van der Waals surface area contributed by atoms with Gasteiger partial charge in [0.05, 0.1) is 6.10 Å². The standard InChI is InChI=1S/C18H23NO2/c1-14-7-3-4-9-17(14)13-21-18-10-6-5-8-16(18)12-19-11-15(2)20/h3-10,15,19-20H,11-13H2,1-2H3/t15-/m0/s1. The van der Waals surface area contributed by atoms with Crippen LogP contribution in [0.15, 0.2) is 48.5 Å². The number of aliphatic hydroxyl groups is 1. The van der Waals surface area contributed by atoms with Crippen LogP contribution in [0.1, 0.15) is 23.6 Å². The Morgan fingerprint density at radius 1 is 1.05 bits per heavy atom. The maximum Gasteiger partial charge on any atom is 0.124 e. The summed E-state index contributed by atoms with van der Waals surface area (Å²) in [7, 11) is 0. The number of hydrogen-bond acceptors (Lipinski definition) is 3. The number of aliphatic hydroxyl groups excluding tert-OH is 1. The van der Waals surface area contributed by atoms with Crippen molar-refractivity contribution in [3.63, 3.8) is 0 Å². The molecule has 0 radical (unpaired) electrons. The Morgan fingerprint density at radius 3 is 2.43 bits per heavy atom. The quantitative estimate of drug-likeness (QED) is 0.821. The van der Waals surface area contributed by atoms with Gasteiger partial charge in [0.2, 0.25) is 0 Å². The van der Waals surface area contributed by atoms with Gasteiger partial charge in [-0.2, -0.15) is 0 Å². The zero-order chi connectivity index (χ0) is 15.1. The maximum atomic E-state index is 9.29. The number of benzene rings is 2. The van der Waals surface area contributed by atoms with Gasteiger partial charge in [-0.3, -0.25) is 0 Å². The average molecular weight is 285 g/mol. The summed E-state index contributed by atoms with van der Waals surface area (Å²) in [5, 5.41) is 12.5. The van der Waals surface area contributed by atoms with E-state index in [2.05, 4.69) is 24.4 Å². The fourth-order valence-electron chi connectivity index (χ4n) is 2.13. The molecular formula is C18H23NO2. The van der Waals surface area contributed by atoms with E-state index in [1.165, 1.54) is 11.1 Å². The Morgan fingerprint density at radius 2 is 1.71 bits per heavy atom. The normalized spacial score (nSPS) is 12.1. The molecule has 0 spiro atoms. The number of ether oxygens (including phenoxy) is 1. The highest BCUT2D eigenvalue weighted by Gasteiger charge is 2.05. The van der Waals surface area contributed by atoms with E-state index in [-0.39, 0.29) is 6.10 Å². The summed E-state index contributed by atoms with van der Waals surface area (Å²) in [5.41, 5.74) is 3.54. The van der Waals surface area contributed by atoms with Crippen LogP contribution in [0.5, 0.6) is 5.75 Å². The first-order valence-corrected chi connectivity index (χ1v) is 7.31. The zero-order valence-corrected chi connectivity index (χ0v) is 12.7. The largest absolute Gasteiger partial charge is 0.489 e. The number of aryl methyl sites for hydroxylation is 1. The first-order chi connectivity index (χ1) is 10.2. The molecule has 0 saturated heterocycles. The van der Waals surface area contributed by atoms with Crippen LogP contribution in [0, 0.1) is 6.92 Å².